The van der Waals surface area contributed by atoms with Crippen molar-refractivity contribution >= 4 is 5.69 Å². The molecule has 82 valence electrons. The largest absolute Gasteiger partial charge is 0.309 e. The van der Waals surface area contributed by atoms with Crippen molar-refractivity contribution < 1.29 is 4.92 Å². The Balaban J connectivity index is 2.92. The van der Waals surface area contributed by atoms with Gasteiger partial charge in [-0.05, 0) is 33.5 Å². The minimum absolute atomic E-state index is 0.224. The van der Waals surface area contributed by atoms with E-state index < -0.39 is 0 Å². The van der Waals surface area contributed by atoms with Crippen molar-refractivity contribution in [2.45, 2.75) is 13.3 Å². The Morgan fingerprint density at radius 1 is 1.40 bits per heavy atom. The Bertz CT molecular complexity index is 362. The summed E-state index contributed by atoms with van der Waals surface area (Å²) in [6.07, 6.45) is 0.713. The van der Waals surface area contributed by atoms with Crippen molar-refractivity contribution in [1.82, 2.24) is 4.90 Å². The Morgan fingerprint density at radius 3 is 2.60 bits per heavy atom. The van der Waals surface area contributed by atoms with Crippen LogP contribution in [0.2, 0.25) is 0 Å². The fourth-order valence-corrected chi connectivity index (χ4v) is 1.44. The summed E-state index contributed by atoms with van der Waals surface area (Å²) in [6, 6.07) is 5.25. The van der Waals surface area contributed by atoms with Gasteiger partial charge < -0.3 is 4.90 Å². The van der Waals surface area contributed by atoms with E-state index in [2.05, 4.69) is 0 Å². The highest BCUT2D eigenvalue weighted by Crippen LogP contribution is 2.20. The topological polar surface area (TPSA) is 46.4 Å². The first-order valence-electron chi connectivity index (χ1n) is 4.89. The molecule has 0 unspecified atom stereocenters. The molecule has 1 aromatic rings. The van der Waals surface area contributed by atoms with Crippen LogP contribution in [0.1, 0.15) is 11.1 Å². The Morgan fingerprint density at radius 2 is 2.07 bits per heavy atom. The van der Waals surface area contributed by atoms with Gasteiger partial charge in [-0.1, -0.05) is 11.6 Å². The summed E-state index contributed by atoms with van der Waals surface area (Å²) in [7, 11) is 3.92. The van der Waals surface area contributed by atoms with E-state index in [1.807, 2.05) is 32.0 Å². The molecule has 0 saturated heterocycles. The van der Waals surface area contributed by atoms with Crippen LogP contribution < -0.4 is 0 Å². The summed E-state index contributed by atoms with van der Waals surface area (Å²) < 4.78 is 0. The first-order valence-corrected chi connectivity index (χ1v) is 4.89. The Labute approximate surface area is 89.7 Å². The second-order valence-electron chi connectivity index (χ2n) is 3.94. The van der Waals surface area contributed by atoms with Crippen LogP contribution in [0.5, 0.6) is 0 Å². The molecule has 1 rings (SSSR count). The molecular weight excluding hydrogens is 192 g/mol. The van der Waals surface area contributed by atoms with Crippen LogP contribution in [-0.2, 0) is 6.42 Å². The monoisotopic (exact) mass is 208 g/mol. The molecule has 0 bridgehead atoms. The molecule has 0 atom stereocenters. The van der Waals surface area contributed by atoms with Crippen molar-refractivity contribution in [3.8, 4) is 0 Å². The van der Waals surface area contributed by atoms with Crippen LogP contribution in [0.25, 0.3) is 0 Å². The third-order valence-corrected chi connectivity index (χ3v) is 2.26. The van der Waals surface area contributed by atoms with Crippen LogP contribution >= 0.6 is 0 Å². The fourth-order valence-electron chi connectivity index (χ4n) is 1.44. The fraction of sp³-hybridized carbons (Fsp3) is 0.455. The number of aryl methyl sites for hydroxylation is 1. The van der Waals surface area contributed by atoms with E-state index in [0.29, 0.717) is 6.42 Å². The molecular formula is C11H16N2O2. The van der Waals surface area contributed by atoms with Crippen LogP contribution in [0.15, 0.2) is 18.2 Å². The van der Waals surface area contributed by atoms with Gasteiger partial charge in [-0.3, -0.25) is 10.1 Å². The molecule has 0 aromatic heterocycles. The number of likely N-dealkylation sites (N-methyl/N-ethyl adjacent to an activating group) is 1. The maximum atomic E-state index is 10.8. The number of hydrogen-bond acceptors (Lipinski definition) is 3. The molecule has 0 aliphatic heterocycles. The van der Waals surface area contributed by atoms with E-state index in [1.165, 1.54) is 0 Å². The van der Waals surface area contributed by atoms with Crippen LogP contribution in [0.4, 0.5) is 5.69 Å². The van der Waals surface area contributed by atoms with Crippen molar-refractivity contribution in [2.24, 2.45) is 0 Å². The van der Waals surface area contributed by atoms with Gasteiger partial charge >= 0.3 is 0 Å². The third-order valence-electron chi connectivity index (χ3n) is 2.26. The predicted octanol–water partition coefficient (Wildman–Crippen LogP) is 2.01. The van der Waals surface area contributed by atoms with Crippen molar-refractivity contribution in [1.29, 1.82) is 0 Å². The van der Waals surface area contributed by atoms with E-state index >= 15 is 0 Å². The summed E-state index contributed by atoms with van der Waals surface area (Å²) in [4.78, 5) is 12.5. The molecule has 0 heterocycles. The Hall–Kier alpha value is -1.42. The average molecular weight is 208 g/mol. The first-order chi connectivity index (χ1) is 7.00. The van der Waals surface area contributed by atoms with E-state index in [-0.39, 0.29) is 10.6 Å². The summed E-state index contributed by atoms with van der Waals surface area (Å²) in [5.41, 5.74) is 2.10. The molecule has 0 aliphatic carbocycles. The molecule has 0 saturated carbocycles. The lowest BCUT2D eigenvalue weighted by molar-refractivity contribution is -0.385. The second kappa shape index (κ2) is 4.89. The van der Waals surface area contributed by atoms with Crippen molar-refractivity contribution in [3.05, 3.63) is 39.4 Å². The van der Waals surface area contributed by atoms with Gasteiger partial charge in [0.15, 0.2) is 0 Å². The zero-order valence-electron chi connectivity index (χ0n) is 9.36. The van der Waals surface area contributed by atoms with Crippen molar-refractivity contribution in [2.75, 3.05) is 20.6 Å². The van der Waals surface area contributed by atoms with E-state index in [9.17, 15) is 10.1 Å². The van der Waals surface area contributed by atoms with E-state index in [1.54, 1.807) is 12.1 Å². The minimum Gasteiger partial charge on any atom is -0.309 e. The molecule has 0 aliphatic rings. The van der Waals surface area contributed by atoms with Crippen LogP contribution in [-0.4, -0.2) is 30.5 Å². The first kappa shape index (κ1) is 11.7. The molecule has 0 radical (unpaired) electrons. The van der Waals surface area contributed by atoms with Gasteiger partial charge in [0, 0.05) is 18.2 Å². The highest BCUT2D eigenvalue weighted by Gasteiger charge is 2.12. The Kier molecular flexibility index (Phi) is 3.80. The third kappa shape index (κ3) is 3.32. The van der Waals surface area contributed by atoms with Crippen molar-refractivity contribution in [3.63, 3.8) is 0 Å². The average Bonchev–Trinajstić information content (AvgIpc) is 2.14. The molecule has 0 spiro atoms. The number of rotatable bonds is 4. The lowest BCUT2D eigenvalue weighted by Crippen LogP contribution is -2.15. The van der Waals surface area contributed by atoms with Crippen LogP contribution in [0.3, 0.4) is 0 Å². The standard InChI is InChI=1S/C11H16N2O2/c1-9-4-5-11(13(14)15)10(8-9)6-7-12(2)3/h4-5,8H,6-7H2,1-3H3. The van der Waals surface area contributed by atoms with E-state index in [0.717, 1.165) is 17.7 Å². The number of hydrogen-bond donors (Lipinski definition) is 0. The van der Waals surface area contributed by atoms with Gasteiger partial charge in [-0.15, -0.1) is 0 Å². The number of nitro groups is 1. The minimum atomic E-state index is -0.315. The normalized spacial score (nSPS) is 10.7. The number of nitro benzene ring substituents is 1. The summed E-state index contributed by atoms with van der Waals surface area (Å²) in [5, 5.41) is 10.8. The molecule has 1 aromatic carbocycles. The SMILES string of the molecule is Cc1ccc([N+](=O)[O-])c(CCN(C)C)c1. The van der Waals surface area contributed by atoms with Gasteiger partial charge in [0.1, 0.15) is 0 Å². The highest BCUT2D eigenvalue weighted by molar-refractivity contribution is 5.42. The summed E-state index contributed by atoms with van der Waals surface area (Å²) in [6.45, 7) is 2.77. The maximum absolute atomic E-state index is 10.8. The number of benzene rings is 1. The smallest absolute Gasteiger partial charge is 0.272 e. The lowest BCUT2D eigenvalue weighted by atomic mass is 10.1. The highest BCUT2D eigenvalue weighted by atomic mass is 16.6. The number of nitrogens with zero attached hydrogens (tertiary/aromatic N) is 2. The lowest BCUT2D eigenvalue weighted by Gasteiger charge is -2.09. The zero-order valence-corrected chi connectivity index (χ0v) is 9.36. The molecule has 4 nitrogen and oxygen atoms in total. The van der Waals surface area contributed by atoms with Gasteiger partial charge in [-0.25, -0.2) is 0 Å². The van der Waals surface area contributed by atoms with Gasteiger partial charge in [0.05, 0.1) is 4.92 Å². The molecule has 4 heteroatoms. The maximum Gasteiger partial charge on any atom is 0.272 e. The summed E-state index contributed by atoms with van der Waals surface area (Å²) in [5.74, 6) is 0. The second-order valence-corrected chi connectivity index (χ2v) is 3.94. The van der Waals surface area contributed by atoms with Gasteiger partial charge in [0.25, 0.3) is 5.69 Å². The molecule has 15 heavy (non-hydrogen) atoms. The van der Waals surface area contributed by atoms with Gasteiger partial charge in [0.2, 0.25) is 0 Å². The predicted molar refractivity (Wildman–Crippen MR) is 60.1 cm³/mol. The van der Waals surface area contributed by atoms with Crippen LogP contribution in [0, 0.1) is 17.0 Å². The summed E-state index contributed by atoms with van der Waals surface area (Å²) >= 11 is 0. The van der Waals surface area contributed by atoms with Gasteiger partial charge in [-0.2, -0.15) is 0 Å². The molecule has 0 fully saturated rings. The molecule has 0 N–H and O–H groups in total. The molecule has 0 amide bonds. The quantitative estimate of drug-likeness (QED) is 0.561. The van der Waals surface area contributed by atoms with E-state index in [4.69, 9.17) is 0 Å². The zero-order chi connectivity index (χ0) is 11.4.